The molecule has 4 aliphatic heterocycles. The summed E-state index contributed by atoms with van der Waals surface area (Å²) >= 11 is 1.49. The van der Waals surface area contributed by atoms with Crippen LogP contribution in [0.5, 0.6) is 0 Å². The van der Waals surface area contributed by atoms with E-state index in [0.717, 1.165) is 33.6 Å². The summed E-state index contributed by atoms with van der Waals surface area (Å²) in [7, 11) is 0. The van der Waals surface area contributed by atoms with Gasteiger partial charge in [-0.15, -0.1) is 11.8 Å². The highest BCUT2D eigenvalue weighted by molar-refractivity contribution is 7.99. The normalized spacial score (nSPS) is 16.8. The number of cyclic esters (lactones) is 1. The molecule has 0 fully saturated rings. The van der Waals surface area contributed by atoms with Crippen molar-refractivity contribution in [1.29, 1.82) is 0 Å². The second-order valence-electron chi connectivity index (χ2n) is 22.0. The number of unbranched alkanes of at least 4 members (excludes halogenated alkanes) is 2. The van der Waals surface area contributed by atoms with Crippen molar-refractivity contribution in [2.75, 3.05) is 57.3 Å². The standard InChI is InChI=1S/C58H72N8O20S/c1-5-58(82)36-25-40-50-34(26-66(40)55(80)35(36)27-86-56(58)81)33-19-24-87-51-38(11-10-37(61-50)48(33)51)62-52(77)32(4)59-54(79)49(31(2)3)63-53(78)39(60-41(67)9-7-6-8-20-65-43(69)14-15-44(65)70)12-13-42(68)64-57(28-83-21-16-45(71)72,29-84-22-17-46(73)74)30-85-23-18-47(75)76/h10-11,14-15,25,31-32,39,49,82H,5-9,12-13,16-24,26-30H2,1-4H3,(H,59,79)(H,60,67)(H,62,77)(H,63,78)(H,64,68)(H,71,72)(H,73,74)(H,75,76)/t32-,39-,49-,58-/m0/s1. The molecule has 4 aliphatic rings. The summed E-state index contributed by atoms with van der Waals surface area (Å²) in [5, 5.41) is 53.3. The minimum Gasteiger partial charge on any atom is -0.481 e. The van der Waals surface area contributed by atoms with E-state index in [0.29, 0.717) is 52.5 Å². The van der Waals surface area contributed by atoms with Gasteiger partial charge in [0.25, 0.3) is 17.4 Å². The molecule has 9 N–H and O–H groups in total. The van der Waals surface area contributed by atoms with Crippen molar-refractivity contribution in [3.8, 4) is 11.4 Å². The summed E-state index contributed by atoms with van der Waals surface area (Å²) < 4.78 is 23.5. The number of nitrogens with zero attached hydrogens (tertiary/aromatic N) is 3. The number of aliphatic carboxylic acids is 3. The lowest BCUT2D eigenvalue weighted by atomic mass is 9.86. The van der Waals surface area contributed by atoms with Crippen LogP contribution in [-0.2, 0) is 96.9 Å². The van der Waals surface area contributed by atoms with Gasteiger partial charge in [-0.3, -0.25) is 57.6 Å². The van der Waals surface area contributed by atoms with Crippen molar-refractivity contribution in [1.82, 2.24) is 35.7 Å². The van der Waals surface area contributed by atoms with E-state index in [4.69, 9.17) is 23.9 Å². The zero-order chi connectivity index (χ0) is 63.3. The molecule has 0 saturated heterocycles. The van der Waals surface area contributed by atoms with Crippen molar-refractivity contribution < 1.29 is 92.1 Å². The quantitative estimate of drug-likeness (QED) is 0.0181. The zero-order valence-corrected chi connectivity index (χ0v) is 49.4. The molecule has 0 radical (unpaired) electrons. The van der Waals surface area contributed by atoms with E-state index in [1.165, 1.54) is 18.7 Å². The number of carbonyl (C=O) groups excluding carboxylic acids is 8. The first-order valence-corrected chi connectivity index (χ1v) is 29.6. The average Bonchev–Trinajstić information content (AvgIpc) is 1.66. The molecular formula is C58H72N8O20S. The van der Waals surface area contributed by atoms with E-state index in [1.54, 1.807) is 43.5 Å². The lowest BCUT2D eigenvalue weighted by molar-refractivity contribution is -0.172. The maximum absolute atomic E-state index is 14.4. The number of hydrogen-bond acceptors (Lipinski definition) is 19. The third-order valence-corrected chi connectivity index (χ3v) is 16.3. The van der Waals surface area contributed by atoms with Crippen LogP contribution in [0, 0.1) is 5.92 Å². The van der Waals surface area contributed by atoms with E-state index in [2.05, 4.69) is 26.6 Å². The Morgan fingerprint density at radius 2 is 1.39 bits per heavy atom. The van der Waals surface area contributed by atoms with Crippen molar-refractivity contribution in [2.45, 2.75) is 146 Å². The fraction of sp³-hybridized carbons (Fsp3) is 0.534. The number of thioether (sulfide) groups is 1. The number of anilines is 1. The van der Waals surface area contributed by atoms with Crippen molar-refractivity contribution >= 4 is 93.6 Å². The first-order chi connectivity index (χ1) is 41.4. The molecule has 3 aromatic rings. The number of benzene rings is 1. The molecule has 0 saturated carbocycles. The summed E-state index contributed by atoms with van der Waals surface area (Å²) in [5.74, 6) is -9.03. The summed E-state index contributed by atoms with van der Waals surface area (Å²) in [6, 6.07) is 1.07. The van der Waals surface area contributed by atoms with Gasteiger partial charge in [0.1, 0.15) is 30.3 Å². The number of hydrogen-bond donors (Lipinski definition) is 9. The minimum absolute atomic E-state index is 0.0115. The zero-order valence-electron chi connectivity index (χ0n) is 48.6. The van der Waals surface area contributed by atoms with Gasteiger partial charge in [0, 0.05) is 58.7 Å². The second-order valence-corrected chi connectivity index (χ2v) is 23.1. The van der Waals surface area contributed by atoms with Crippen LogP contribution in [0.15, 0.2) is 40.0 Å². The molecule has 7 amide bonds. The third-order valence-electron chi connectivity index (χ3n) is 15.2. The van der Waals surface area contributed by atoms with Gasteiger partial charge in [0.15, 0.2) is 5.60 Å². The van der Waals surface area contributed by atoms with E-state index >= 15 is 0 Å². The van der Waals surface area contributed by atoms with E-state index in [1.807, 2.05) is 0 Å². The van der Waals surface area contributed by atoms with E-state index < -0.39 is 158 Å². The summed E-state index contributed by atoms with van der Waals surface area (Å²) in [6.07, 6.45) is 1.61. The molecule has 1 aromatic carbocycles. The Bertz CT molecular complexity index is 3240. The molecule has 0 aliphatic carbocycles. The second kappa shape index (κ2) is 29.5. The number of aliphatic hydroxyl groups is 1. The van der Waals surface area contributed by atoms with Crippen LogP contribution in [0.25, 0.3) is 22.3 Å². The molecule has 0 bridgehead atoms. The van der Waals surface area contributed by atoms with E-state index in [-0.39, 0.29) is 69.9 Å². The number of amides is 7. The Balaban J connectivity index is 1.05. The highest BCUT2D eigenvalue weighted by Crippen LogP contribution is 2.46. The van der Waals surface area contributed by atoms with Crippen molar-refractivity contribution in [3.05, 3.63) is 63.0 Å². The largest absolute Gasteiger partial charge is 0.481 e. The molecule has 87 heavy (non-hydrogen) atoms. The number of rotatable bonds is 34. The summed E-state index contributed by atoms with van der Waals surface area (Å²) in [6.45, 7) is 4.00. The molecule has 6 heterocycles. The van der Waals surface area contributed by atoms with Gasteiger partial charge in [-0.05, 0) is 68.7 Å². The number of carboxylic acids is 3. The Labute approximate surface area is 502 Å². The van der Waals surface area contributed by atoms with Gasteiger partial charge >= 0.3 is 23.9 Å². The molecule has 0 unspecified atom stereocenters. The molecule has 470 valence electrons. The van der Waals surface area contributed by atoms with Crippen molar-refractivity contribution in [3.63, 3.8) is 0 Å². The molecule has 2 aromatic heterocycles. The SMILES string of the molecule is CC[C@@]1(O)C(=O)OCc2c1cc1n(c2=O)Cc2c-1nc1ccc(NC(=O)[C@H](C)NC(=O)[C@@H](NC(=O)[C@H](CCC(=O)NC(COCCC(=O)O)(COCCC(=O)O)COCCC(=O)O)NC(=O)CCCCCN3C(=O)C=CC3=O)C(C)C)c3c1c2CCS3. The van der Waals surface area contributed by atoms with Crippen LogP contribution >= 0.6 is 11.8 Å². The number of carboxylic acid groups (broad SMARTS) is 3. The number of imide groups is 1. The number of aromatic nitrogens is 2. The van der Waals surface area contributed by atoms with Crippen LogP contribution in [0.4, 0.5) is 5.69 Å². The maximum Gasteiger partial charge on any atom is 0.343 e. The number of aryl methyl sites for hydroxylation is 1. The number of carbonyl (C=O) groups is 11. The number of pyridine rings is 2. The summed E-state index contributed by atoms with van der Waals surface area (Å²) in [4.78, 5) is 161. The van der Waals surface area contributed by atoms with Crippen LogP contribution in [0.1, 0.15) is 114 Å². The Kier molecular flexibility index (Phi) is 22.5. The van der Waals surface area contributed by atoms with Crippen LogP contribution < -0.4 is 32.1 Å². The third kappa shape index (κ3) is 16.3. The van der Waals surface area contributed by atoms with Gasteiger partial charge in [-0.25, -0.2) is 9.78 Å². The molecule has 28 nitrogen and oxygen atoms in total. The first-order valence-electron chi connectivity index (χ1n) is 28.6. The van der Waals surface area contributed by atoms with Crippen molar-refractivity contribution in [2.24, 2.45) is 5.92 Å². The Morgan fingerprint density at radius 3 is 1.99 bits per heavy atom. The number of fused-ring (bicyclic) bond motifs is 5. The van der Waals surface area contributed by atoms with Gasteiger partial charge in [0.2, 0.25) is 29.5 Å². The fourth-order valence-electron chi connectivity index (χ4n) is 10.5. The fourth-order valence-corrected chi connectivity index (χ4v) is 11.6. The molecular weight excluding hydrogens is 1160 g/mol. The van der Waals surface area contributed by atoms with Crippen LogP contribution in [0.3, 0.4) is 0 Å². The highest BCUT2D eigenvalue weighted by Gasteiger charge is 2.46. The number of ether oxygens (including phenoxy) is 4. The average molecular weight is 1230 g/mol. The van der Waals surface area contributed by atoms with E-state index in [9.17, 15) is 78.0 Å². The van der Waals surface area contributed by atoms with Gasteiger partial charge < -0.3 is 70.5 Å². The molecule has 0 spiro atoms. The lowest BCUT2D eigenvalue weighted by Gasteiger charge is -2.34. The Hall–Kier alpha value is -8.12. The maximum atomic E-state index is 14.4. The predicted octanol–water partition coefficient (Wildman–Crippen LogP) is 1.39. The van der Waals surface area contributed by atoms with Crippen LogP contribution in [-0.4, -0.2) is 176 Å². The monoisotopic (exact) mass is 1230 g/mol. The Morgan fingerprint density at radius 1 is 0.759 bits per heavy atom. The molecule has 7 rings (SSSR count). The van der Waals surface area contributed by atoms with Gasteiger partial charge in [0.05, 0.1) is 93.6 Å². The van der Waals surface area contributed by atoms with Gasteiger partial charge in [-0.1, -0.05) is 27.2 Å². The molecule has 4 atom stereocenters. The van der Waals surface area contributed by atoms with Gasteiger partial charge in [-0.2, -0.15) is 0 Å². The summed E-state index contributed by atoms with van der Waals surface area (Å²) in [5.41, 5.74) is 0.0417. The lowest BCUT2D eigenvalue weighted by Crippen LogP contribution is -2.59. The minimum atomic E-state index is -2.00. The first kappa shape index (κ1) is 66.4. The van der Waals surface area contributed by atoms with Crippen LogP contribution in [0.2, 0.25) is 0 Å². The topological polar surface area (TPSA) is 404 Å². The smallest absolute Gasteiger partial charge is 0.343 e. The number of nitrogens with one attached hydrogen (secondary N) is 5. The highest BCUT2D eigenvalue weighted by atomic mass is 32.2. The molecule has 29 heteroatoms. The predicted molar refractivity (Wildman–Crippen MR) is 308 cm³/mol. The number of esters is 1.